The lowest BCUT2D eigenvalue weighted by Gasteiger charge is -2.36. The molecule has 0 spiro atoms. The molecule has 4 rings (SSSR count). The highest BCUT2D eigenvalue weighted by atomic mass is 32.1. The molecule has 1 nitrogen and oxygen atoms in total. The van der Waals surface area contributed by atoms with Crippen molar-refractivity contribution < 1.29 is 0 Å². The van der Waals surface area contributed by atoms with Crippen LogP contribution in [0.3, 0.4) is 0 Å². The largest absolute Gasteiger partial charge is 0.316 e. The van der Waals surface area contributed by atoms with Crippen LogP contribution in [-0.2, 0) is 0 Å². The van der Waals surface area contributed by atoms with Crippen LogP contribution in [0.5, 0.6) is 0 Å². The summed E-state index contributed by atoms with van der Waals surface area (Å²) in [6.45, 7) is 2.43. The summed E-state index contributed by atoms with van der Waals surface area (Å²) in [5, 5.41) is 7.62. The molecule has 0 amide bonds. The Balaban J connectivity index is 1.70. The molecule has 2 fully saturated rings. The van der Waals surface area contributed by atoms with Crippen molar-refractivity contribution in [2.24, 2.45) is 11.8 Å². The SMILES string of the molecule is c1ccc2c(C3CCNCC3C3CCCC3)csc2c1. The molecule has 2 heterocycles. The first kappa shape index (κ1) is 12.8. The Hall–Kier alpha value is -0.860. The quantitative estimate of drug-likeness (QED) is 0.837. The highest BCUT2D eigenvalue weighted by Gasteiger charge is 2.34. The number of fused-ring (bicyclic) bond motifs is 1. The molecule has 20 heavy (non-hydrogen) atoms. The molecule has 1 saturated heterocycles. The first-order chi connectivity index (χ1) is 9.93. The third kappa shape index (κ3) is 2.19. The minimum Gasteiger partial charge on any atom is -0.316 e. The van der Waals surface area contributed by atoms with E-state index in [1.54, 1.807) is 5.56 Å². The molecule has 2 heteroatoms. The van der Waals surface area contributed by atoms with Gasteiger partial charge in [0.1, 0.15) is 0 Å². The lowest BCUT2D eigenvalue weighted by atomic mass is 9.73. The topological polar surface area (TPSA) is 12.0 Å². The second kappa shape index (κ2) is 5.50. The van der Waals surface area contributed by atoms with Crippen molar-refractivity contribution in [3.63, 3.8) is 0 Å². The van der Waals surface area contributed by atoms with Gasteiger partial charge in [-0.1, -0.05) is 43.9 Å². The van der Waals surface area contributed by atoms with Crippen LogP contribution in [0.25, 0.3) is 10.1 Å². The summed E-state index contributed by atoms with van der Waals surface area (Å²) >= 11 is 1.93. The molecule has 1 aromatic heterocycles. The lowest BCUT2D eigenvalue weighted by Crippen LogP contribution is -2.38. The van der Waals surface area contributed by atoms with Crippen LogP contribution < -0.4 is 5.32 Å². The maximum absolute atomic E-state index is 3.66. The average molecular weight is 285 g/mol. The van der Waals surface area contributed by atoms with Gasteiger partial charge in [-0.15, -0.1) is 11.3 Å². The van der Waals surface area contributed by atoms with Crippen molar-refractivity contribution in [2.45, 2.75) is 38.0 Å². The highest BCUT2D eigenvalue weighted by Crippen LogP contribution is 2.44. The normalized spacial score (nSPS) is 28.2. The van der Waals surface area contributed by atoms with E-state index in [9.17, 15) is 0 Å². The van der Waals surface area contributed by atoms with Gasteiger partial charge in [0, 0.05) is 4.70 Å². The molecule has 1 saturated carbocycles. The van der Waals surface area contributed by atoms with Crippen LogP contribution in [0.15, 0.2) is 29.6 Å². The van der Waals surface area contributed by atoms with E-state index in [2.05, 4.69) is 35.0 Å². The maximum Gasteiger partial charge on any atom is 0.0345 e. The van der Waals surface area contributed by atoms with E-state index in [-0.39, 0.29) is 0 Å². The Morgan fingerprint density at radius 1 is 1.05 bits per heavy atom. The first-order valence-corrected chi connectivity index (χ1v) is 8.98. The molecular weight excluding hydrogens is 262 g/mol. The molecule has 2 unspecified atom stereocenters. The Kier molecular flexibility index (Phi) is 3.53. The zero-order chi connectivity index (χ0) is 13.4. The molecular formula is C18H23NS. The molecule has 1 aromatic carbocycles. The van der Waals surface area contributed by atoms with Gasteiger partial charge in [0.25, 0.3) is 0 Å². The van der Waals surface area contributed by atoms with E-state index >= 15 is 0 Å². The van der Waals surface area contributed by atoms with Crippen LogP contribution in [0.2, 0.25) is 0 Å². The second-order valence-corrected chi connectivity index (χ2v) is 7.41. The molecule has 106 valence electrons. The summed E-state index contributed by atoms with van der Waals surface area (Å²) in [7, 11) is 0. The summed E-state index contributed by atoms with van der Waals surface area (Å²) in [6.07, 6.45) is 7.16. The smallest absolute Gasteiger partial charge is 0.0345 e. The van der Waals surface area contributed by atoms with Crippen molar-refractivity contribution in [1.29, 1.82) is 0 Å². The van der Waals surface area contributed by atoms with Crippen molar-refractivity contribution >= 4 is 21.4 Å². The molecule has 2 aliphatic rings. The van der Waals surface area contributed by atoms with Crippen molar-refractivity contribution in [3.05, 3.63) is 35.2 Å². The van der Waals surface area contributed by atoms with Gasteiger partial charge in [-0.2, -0.15) is 0 Å². The number of thiophene rings is 1. The molecule has 1 N–H and O–H groups in total. The van der Waals surface area contributed by atoms with Crippen LogP contribution in [-0.4, -0.2) is 13.1 Å². The minimum absolute atomic E-state index is 0.787. The Labute approximate surface area is 125 Å². The number of nitrogens with one attached hydrogen (secondary N) is 1. The van der Waals surface area contributed by atoms with Gasteiger partial charge in [-0.05, 0) is 59.7 Å². The van der Waals surface area contributed by atoms with E-state index < -0.39 is 0 Å². The lowest BCUT2D eigenvalue weighted by molar-refractivity contribution is 0.232. The maximum atomic E-state index is 3.66. The predicted octanol–water partition coefficient (Wildman–Crippen LogP) is 4.78. The summed E-state index contributed by atoms with van der Waals surface area (Å²) in [5.74, 6) is 2.62. The van der Waals surface area contributed by atoms with Gasteiger partial charge in [0.15, 0.2) is 0 Å². The van der Waals surface area contributed by atoms with Crippen LogP contribution >= 0.6 is 11.3 Å². The summed E-state index contributed by atoms with van der Waals surface area (Å²) in [4.78, 5) is 0. The molecule has 1 aliphatic carbocycles. The summed E-state index contributed by atoms with van der Waals surface area (Å²) < 4.78 is 1.46. The van der Waals surface area contributed by atoms with E-state index in [4.69, 9.17) is 0 Å². The number of rotatable bonds is 2. The molecule has 1 aliphatic heterocycles. The minimum atomic E-state index is 0.787. The third-order valence-electron chi connectivity index (χ3n) is 5.44. The third-order valence-corrected chi connectivity index (χ3v) is 6.43. The number of hydrogen-bond donors (Lipinski definition) is 1. The first-order valence-electron chi connectivity index (χ1n) is 8.10. The van der Waals surface area contributed by atoms with Crippen molar-refractivity contribution in [1.82, 2.24) is 5.32 Å². The zero-order valence-electron chi connectivity index (χ0n) is 12.0. The van der Waals surface area contributed by atoms with Crippen molar-refractivity contribution in [2.75, 3.05) is 13.1 Å². The molecule has 2 aromatic rings. The van der Waals surface area contributed by atoms with Gasteiger partial charge in [-0.25, -0.2) is 0 Å². The number of benzene rings is 1. The van der Waals surface area contributed by atoms with E-state index in [0.717, 1.165) is 17.8 Å². The zero-order valence-corrected chi connectivity index (χ0v) is 12.8. The van der Waals surface area contributed by atoms with Gasteiger partial charge >= 0.3 is 0 Å². The fraction of sp³-hybridized carbons (Fsp3) is 0.556. The Morgan fingerprint density at radius 3 is 2.80 bits per heavy atom. The van der Waals surface area contributed by atoms with Crippen molar-refractivity contribution in [3.8, 4) is 0 Å². The van der Waals surface area contributed by atoms with E-state index in [1.165, 1.54) is 55.3 Å². The number of hydrogen-bond acceptors (Lipinski definition) is 2. The van der Waals surface area contributed by atoms with Gasteiger partial charge in [0.05, 0.1) is 0 Å². The van der Waals surface area contributed by atoms with Gasteiger partial charge in [0.2, 0.25) is 0 Å². The number of piperidine rings is 1. The molecule has 0 radical (unpaired) electrons. The predicted molar refractivity (Wildman–Crippen MR) is 87.5 cm³/mol. The summed E-state index contributed by atoms with van der Waals surface area (Å²) in [6, 6.07) is 8.97. The fourth-order valence-corrected chi connectivity index (χ4v) is 5.46. The Bertz CT molecular complexity index is 582. The van der Waals surface area contributed by atoms with Gasteiger partial charge in [-0.3, -0.25) is 0 Å². The standard InChI is InChI=1S/C18H23NS/c1-2-6-13(5-1)16-11-19-10-9-14(16)17-12-20-18-8-4-3-7-15(17)18/h3-4,7-8,12-14,16,19H,1-2,5-6,9-11H2. The van der Waals surface area contributed by atoms with Gasteiger partial charge < -0.3 is 5.32 Å². The monoisotopic (exact) mass is 285 g/mol. The summed E-state index contributed by atoms with van der Waals surface area (Å²) in [5.41, 5.74) is 1.64. The van der Waals surface area contributed by atoms with Crippen LogP contribution in [0.1, 0.15) is 43.6 Å². The molecule has 2 atom stereocenters. The van der Waals surface area contributed by atoms with Crippen LogP contribution in [0.4, 0.5) is 0 Å². The van der Waals surface area contributed by atoms with E-state index in [1.807, 2.05) is 11.3 Å². The van der Waals surface area contributed by atoms with Crippen LogP contribution in [0, 0.1) is 11.8 Å². The average Bonchev–Trinajstić information content (AvgIpc) is 3.17. The molecule has 0 bridgehead atoms. The fourth-order valence-electron chi connectivity index (χ4n) is 4.43. The van der Waals surface area contributed by atoms with E-state index in [0.29, 0.717) is 0 Å². The second-order valence-electron chi connectivity index (χ2n) is 6.49. The Morgan fingerprint density at radius 2 is 1.90 bits per heavy atom. The highest BCUT2D eigenvalue weighted by molar-refractivity contribution is 7.17.